The van der Waals surface area contributed by atoms with Gasteiger partial charge in [-0.1, -0.05) is 48.9 Å². The predicted molar refractivity (Wildman–Crippen MR) is 129 cm³/mol. The summed E-state index contributed by atoms with van der Waals surface area (Å²) in [5.74, 6) is -0.445. The number of amides is 2. The molecule has 0 spiro atoms. The Bertz CT molecular complexity index is 1050. The van der Waals surface area contributed by atoms with Crippen molar-refractivity contribution in [2.24, 2.45) is 0 Å². The molecule has 2 amide bonds. The van der Waals surface area contributed by atoms with Crippen molar-refractivity contribution in [3.05, 3.63) is 76.0 Å². The molecule has 8 heteroatoms. The molecule has 0 bridgehead atoms. The van der Waals surface area contributed by atoms with Gasteiger partial charge < -0.3 is 20.3 Å². The van der Waals surface area contributed by atoms with E-state index < -0.39 is 12.0 Å². The number of nitrogens with zero attached hydrogens (tertiary/aromatic N) is 2. The van der Waals surface area contributed by atoms with Gasteiger partial charge in [-0.05, 0) is 35.7 Å². The average Bonchev–Trinajstić information content (AvgIpc) is 2.84. The normalized spacial score (nSPS) is 19.2. The molecule has 174 valence electrons. The number of piperazine rings is 1. The van der Waals surface area contributed by atoms with Crippen LogP contribution in [0, 0.1) is 0 Å². The maximum Gasteiger partial charge on any atom is 0.338 e. The number of esters is 1. The Hall–Kier alpha value is -3.03. The summed E-state index contributed by atoms with van der Waals surface area (Å²) in [5.41, 5.74) is 4.18. The molecule has 1 atom stereocenters. The fourth-order valence-electron chi connectivity index (χ4n) is 4.35. The summed E-state index contributed by atoms with van der Waals surface area (Å²) in [6.07, 6.45) is 0.922. The topological polar surface area (TPSA) is 73.9 Å². The highest BCUT2D eigenvalue weighted by Crippen LogP contribution is 2.29. The van der Waals surface area contributed by atoms with Crippen LogP contribution < -0.4 is 15.5 Å². The van der Waals surface area contributed by atoms with E-state index in [2.05, 4.69) is 33.4 Å². The fraction of sp³-hybridized carbons (Fsp3) is 0.360. The number of halogens is 1. The standard InChI is InChI=1S/C25H29ClN4O3/c1-3-17-7-9-18(10-8-17)23-22(24(31)33-2)21(27-25(32)28-23)16-29-11-13-30(14-12-29)20-6-4-5-19(26)15-20/h4-10,15,23H,3,11-14,16H2,1-2H3,(H2,27,28,32). The second-order valence-corrected chi connectivity index (χ2v) is 8.69. The number of nitrogens with one attached hydrogen (secondary N) is 2. The molecular weight excluding hydrogens is 440 g/mol. The van der Waals surface area contributed by atoms with Crippen LogP contribution in [0.4, 0.5) is 10.5 Å². The summed E-state index contributed by atoms with van der Waals surface area (Å²) >= 11 is 6.14. The van der Waals surface area contributed by atoms with Gasteiger partial charge in [-0.15, -0.1) is 0 Å². The Kier molecular flexibility index (Phi) is 7.20. The minimum atomic E-state index is -0.556. The van der Waals surface area contributed by atoms with Gasteiger partial charge in [-0.25, -0.2) is 9.59 Å². The lowest BCUT2D eigenvalue weighted by molar-refractivity contribution is -0.136. The SMILES string of the molecule is CCc1ccc(C2NC(=O)NC(CN3CCN(c4cccc(Cl)c4)CC3)=C2C(=O)OC)cc1. The number of ether oxygens (including phenoxy) is 1. The van der Waals surface area contributed by atoms with Crippen LogP contribution in [0.3, 0.4) is 0 Å². The first kappa shape index (κ1) is 23.1. The first-order valence-corrected chi connectivity index (χ1v) is 11.6. The summed E-state index contributed by atoms with van der Waals surface area (Å²) in [6, 6.07) is 14.9. The number of aryl methyl sites for hydroxylation is 1. The number of carbonyl (C=O) groups is 2. The van der Waals surface area contributed by atoms with Crippen LogP contribution in [0.2, 0.25) is 5.02 Å². The average molecular weight is 469 g/mol. The largest absolute Gasteiger partial charge is 0.466 e. The van der Waals surface area contributed by atoms with Crippen molar-refractivity contribution < 1.29 is 14.3 Å². The van der Waals surface area contributed by atoms with E-state index in [-0.39, 0.29) is 6.03 Å². The molecule has 2 aliphatic heterocycles. The van der Waals surface area contributed by atoms with Crippen LogP contribution in [0.15, 0.2) is 59.8 Å². The van der Waals surface area contributed by atoms with Crippen molar-refractivity contribution in [2.45, 2.75) is 19.4 Å². The highest BCUT2D eigenvalue weighted by Gasteiger charge is 2.34. The van der Waals surface area contributed by atoms with Crippen molar-refractivity contribution in [3.8, 4) is 0 Å². The Morgan fingerprint density at radius 2 is 1.85 bits per heavy atom. The zero-order valence-corrected chi connectivity index (χ0v) is 19.7. The van der Waals surface area contributed by atoms with Crippen molar-refractivity contribution in [3.63, 3.8) is 0 Å². The number of hydrogen-bond donors (Lipinski definition) is 2. The number of hydrogen-bond acceptors (Lipinski definition) is 5. The molecule has 2 aliphatic rings. The molecule has 2 aromatic carbocycles. The molecule has 0 aromatic heterocycles. The molecule has 33 heavy (non-hydrogen) atoms. The summed E-state index contributed by atoms with van der Waals surface area (Å²) < 4.78 is 5.10. The number of methoxy groups -OCH3 is 1. The van der Waals surface area contributed by atoms with Crippen LogP contribution in [0.5, 0.6) is 0 Å². The summed E-state index contributed by atoms with van der Waals surface area (Å²) in [4.78, 5) is 29.8. The van der Waals surface area contributed by atoms with Crippen LogP contribution >= 0.6 is 11.6 Å². The molecule has 2 N–H and O–H groups in total. The van der Waals surface area contributed by atoms with Gasteiger partial charge in [0.1, 0.15) is 0 Å². The van der Waals surface area contributed by atoms with E-state index >= 15 is 0 Å². The minimum absolute atomic E-state index is 0.320. The van der Waals surface area contributed by atoms with Crippen molar-refractivity contribution in [2.75, 3.05) is 44.7 Å². The van der Waals surface area contributed by atoms with Crippen LogP contribution in [0.25, 0.3) is 0 Å². The first-order valence-electron chi connectivity index (χ1n) is 11.2. The number of rotatable bonds is 6. The number of carbonyl (C=O) groups excluding carboxylic acids is 2. The van der Waals surface area contributed by atoms with E-state index in [1.54, 1.807) is 0 Å². The molecule has 1 unspecified atom stereocenters. The third-order valence-corrected chi connectivity index (χ3v) is 6.44. The third-order valence-electron chi connectivity index (χ3n) is 6.21. The molecule has 0 radical (unpaired) electrons. The van der Waals surface area contributed by atoms with Crippen LogP contribution in [-0.2, 0) is 16.0 Å². The zero-order chi connectivity index (χ0) is 23.4. The van der Waals surface area contributed by atoms with Crippen molar-refractivity contribution in [1.29, 1.82) is 0 Å². The molecule has 4 rings (SSSR count). The molecule has 0 saturated carbocycles. The molecule has 0 aliphatic carbocycles. The van der Waals surface area contributed by atoms with Crippen molar-refractivity contribution >= 4 is 29.3 Å². The van der Waals surface area contributed by atoms with Gasteiger partial charge >= 0.3 is 12.0 Å². The number of benzene rings is 2. The zero-order valence-electron chi connectivity index (χ0n) is 18.9. The highest BCUT2D eigenvalue weighted by atomic mass is 35.5. The molecule has 7 nitrogen and oxygen atoms in total. The summed E-state index contributed by atoms with van der Waals surface area (Å²) in [6.45, 7) is 5.80. The van der Waals surface area contributed by atoms with Crippen molar-refractivity contribution in [1.82, 2.24) is 15.5 Å². The van der Waals surface area contributed by atoms with Gasteiger partial charge in [0.2, 0.25) is 0 Å². The Balaban J connectivity index is 1.54. The first-order chi connectivity index (χ1) is 16.0. The molecule has 1 fully saturated rings. The van der Waals surface area contributed by atoms with E-state index in [0.29, 0.717) is 17.8 Å². The van der Waals surface area contributed by atoms with Gasteiger partial charge in [-0.3, -0.25) is 4.90 Å². The van der Waals surface area contributed by atoms with Gasteiger partial charge in [-0.2, -0.15) is 0 Å². The van der Waals surface area contributed by atoms with Gasteiger partial charge in [0, 0.05) is 49.1 Å². The molecule has 1 saturated heterocycles. The summed E-state index contributed by atoms with van der Waals surface area (Å²) in [5, 5.41) is 6.47. The van der Waals surface area contributed by atoms with Crippen LogP contribution in [0.1, 0.15) is 24.1 Å². The monoisotopic (exact) mass is 468 g/mol. The van der Waals surface area contributed by atoms with Gasteiger partial charge in [0.15, 0.2) is 0 Å². The molecule has 2 heterocycles. The van der Waals surface area contributed by atoms with Crippen LogP contribution in [-0.4, -0.2) is 56.7 Å². The second kappa shape index (κ2) is 10.3. The van der Waals surface area contributed by atoms with E-state index in [4.69, 9.17) is 16.3 Å². The second-order valence-electron chi connectivity index (χ2n) is 8.25. The predicted octanol–water partition coefficient (Wildman–Crippen LogP) is 3.51. The smallest absolute Gasteiger partial charge is 0.338 e. The lowest BCUT2D eigenvalue weighted by Gasteiger charge is -2.38. The van der Waals surface area contributed by atoms with E-state index in [1.165, 1.54) is 12.7 Å². The molecular formula is C25H29ClN4O3. The minimum Gasteiger partial charge on any atom is -0.466 e. The maximum absolute atomic E-state index is 12.8. The third kappa shape index (κ3) is 5.31. The Morgan fingerprint density at radius 3 is 2.48 bits per heavy atom. The summed E-state index contributed by atoms with van der Waals surface area (Å²) in [7, 11) is 1.37. The number of anilines is 1. The van der Waals surface area contributed by atoms with Gasteiger partial charge in [0.25, 0.3) is 0 Å². The number of urea groups is 1. The Labute approximate surface area is 199 Å². The van der Waals surface area contributed by atoms with Gasteiger partial charge in [0.05, 0.1) is 18.7 Å². The van der Waals surface area contributed by atoms with E-state index in [0.717, 1.165) is 48.9 Å². The maximum atomic E-state index is 12.8. The highest BCUT2D eigenvalue weighted by molar-refractivity contribution is 6.30. The fourth-order valence-corrected chi connectivity index (χ4v) is 4.53. The van der Waals surface area contributed by atoms with E-state index in [9.17, 15) is 9.59 Å². The lowest BCUT2D eigenvalue weighted by atomic mass is 9.94. The van der Waals surface area contributed by atoms with E-state index in [1.807, 2.05) is 42.5 Å². The molecule has 2 aromatic rings. The Morgan fingerprint density at radius 1 is 1.12 bits per heavy atom. The lowest BCUT2D eigenvalue weighted by Crippen LogP contribution is -2.51. The quantitative estimate of drug-likeness (QED) is 0.635.